The van der Waals surface area contributed by atoms with Crippen LogP contribution in [-0.4, -0.2) is 38.7 Å². The molecule has 150 valence electrons. The van der Waals surface area contributed by atoms with Crippen LogP contribution in [-0.2, 0) is 14.8 Å². The predicted molar refractivity (Wildman–Crippen MR) is 110 cm³/mol. The second kappa shape index (κ2) is 8.27. The lowest BCUT2D eigenvalue weighted by Gasteiger charge is -2.13. The number of amidine groups is 1. The Bertz CT molecular complexity index is 1110. The molecule has 0 saturated carbocycles. The van der Waals surface area contributed by atoms with Crippen molar-refractivity contribution >= 4 is 33.4 Å². The van der Waals surface area contributed by atoms with Gasteiger partial charge in [0.05, 0.1) is 16.1 Å². The maximum Gasteiger partial charge on any atom is 0.263 e. The van der Waals surface area contributed by atoms with E-state index in [-0.39, 0.29) is 16.6 Å². The van der Waals surface area contributed by atoms with Crippen LogP contribution in [0.1, 0.15) is 22.8 Å². The van der Waals surface area contributed by atoms with Crippen LogP contribution in [0.5, 0.6) is 0 Å². The van der Waals surface area contributed by atoms with Gasteiger partial charge in [-0.2, -0.15) is 0 Å². The average molecular weight is 412 g/mol. The summed E-state index contributed by atoms with van der Waals surface area (Å²) in [6.45, 7) is 5.38. The fourth-order valence-electron chi connectivity index (χ4n) is 2.77. The van der Waals surface area contributed by atoms with Gasteiger partial charge < -0.3 is 10.6 Å². The van der Waals surface area contributed by atoms with Crippen molar-refractivity contribution in [3.05, 3.63) is 72.3 Å². The Balaban J connectivity index is 1.80. The molecule has 2 aromatic carbocycles. The molecule has 0 spiro atoms. The number of hydrogen-bond acceptors (Lipinski definition) is 5. The summed E-state index contributed by atoms with van der Waals surface area (Å²) >= 11 is 0. The molecule has 9 heteroatoms. The smallest absolute Gasteiger partial charge is 0.263 e. The van der Waals surface area contributed by atoms with E-state index in [1.165, 1.54) is 13.0 Å². The third-order valence-corrected chi connectivity index (χ3v) is 5.60. The molecule has 0 radical (unpaired) electrons. The monoisotopic (exact) mass is 412 g/mol. The fraction of sp³-hybridized carbons (Fsp3) is 0.150. The first-order chi connectivity index (χ1) is 13.8. The average Bonchev–Trinajstić information content (AvgIpc) is 2.96. The molecule has 29 heavy (non-hydrogen) atoms. The largest absolute Gasteiger partial charge is 0.349 e. The van der Waals surface area contributed by atoms with Gasteiger partial charge in [0.15, 0.2) is 0 Å². The number of sulfonamides is 1. The fourth-order valence-corrected chi connectivity index (χ4v) is 4.01. The van der Waals surface area contributed by atoms with E-state index in [2.05, 4.69) is 26.9 Å². The van der Waals surface area contributed by atoms with Crippen LogP contribution in [0.2, 0.25) is 0 Å². The lowest BCUT2D eigenvalue weighted by molar-refractivity contribution is -0.117. The first-order valence-corrected chi connectivity index (χ1v) is 10.3. The zero-order chi connectivity index (χ0) is 21.0. The van der Waals surface area contributed by atoms with Crippen molar-refractivity contribution in [1.82, 2.24) is 10.0 Å². The van der Waals surface area contributed by atoms with Gasteiger partial charge >= 0.3 is 0 Å². The van der Waals surface area contributed by atoms with Crippen LogP contribution in [0.4, 0.5) is 5.69 Å². The number of benzene rings is 2. The quantitative estimate of drug-likeness (QED) is 0.626. The second-order valence-corrected chi connectivity index (χ2v) is 7.94. The van der Waals surface area contributed by atoms with Crippen LogP contribution in [0.15, 0.2) is 71.1 Å². The van der Waals surface area contributed by atoms with Gasteiger partial charge in [-0.15, -0.1) is 6.58 Å². The molecule has 0 saturated heterocycles. The number of fused-ring (bicyclic) bond motifs is 1. The molecule has 1 aliphatic heterocycles. The number of hydrogen-bond donors (Lipinski definition) is 3. The van der Waals surface area contributed by atoms with Crippen LogP contribution in [0.3, 0.4) is 0 Å². The highest BCUT2D eigenvalue weighted by molar-refractivity contribution is 7.90. The van der Waals surface area contributed by atoms with Crippen molar-refractivity contribution in [3.8, 4) is 0 Å². The molecule has 1 aliphatic rings. The number of anilines is 1. The Morgan fingerprint density at radius 1 is 1.17 bits per heavy atom. The van der Waals surface area contributed by atoms with E-state index in [1.54, 1.807) is 48.5 Å². The van der Waals surface area contributed by atoms with E-state index in [9.17, 15) is 18.0 Å². The Hall–Kier alpha value is -3.46. The third-order valence-electron chi connectivity index (χ3n) is 4.20. The highest BCUT2D eigenvalue weighted by atomic mass is 32.2. The first kappa shape index (κ1) is 20.3. The SMILES string of the molecule is C=CCNC(=O)c1ccccc1NC(=O)[C@H](C)N=C1NS(=O)(=O)c2ccccc21. The van der Waals surface area contributed by atoms with Gasteiger partial charge in [-0.25, -0.2) is 8.42 Å². The van der Waals surface area contributed by atoms with Crippen molar-refractivity contribution < 1.29 is 18.0 Å². The summed E-state index contributed by atoms with van der Waals surface area (Å²) in [5.74, 6) is -0.720. The number of carbonyl (C=O) groups excluding carboxylic acids is 2. The highest BCUT2D eigenvalue weighted by Crippen LogP contribution is 2.23. The topological polar surface area (TPSA) is 117 Å². The van der Waals surface area contributed by atoms with Crippen molar-refractivity contribution in [2.45, 2.75) is 17.9 Å². The van der Waals surface area contributed by atoms with Crippen molar-refractivity contribution in [1.29, 1.82) is 0 Å². The molecular weight excluding hydrogens is 392 g/mol. The van der Waals surface area contributed by atoms with Crippen LogP contribution in [0, 0.1) is 0 Å². The molecule has 0 unspecified atom stereocenters. The molecule has 3 N–H and O–H groups in total. The standard InChI is InChI=1S/C20H20N4O4S/c1-3-12-21-20(26)14-8-4-6-10-16(14)23-19(25)13(2)22-18-15-9-5-7-11-17(15)29(27,28)24-18/h3-11,13H,1,12H2,2H3,(H,21,26)(H,22,24)(H,23,25)/t13-/m0/s1. The molecule has 2 amide bonds. The summed E-state index contributed by atoms with van der Waals surface area (Å²) < 4.78 is 26.7. The van der Waals surface area contributed by atoms with Gasteiger partial charge in [0.2, 0.25) is 5.91 Å². The zero-order valence-corrected chi connectivity index (χ0v) is 16.5. The maximum absolute atomic E-state index is 12.6. The third kappa shape index (κ3) is 4.35. The van der Waals surface area contributed by atoms with E-state index >= 15 is 0 Å². The highest BCUT2D eigenvalue weighted by Gasteiger charge is 2.31. The van der Waals surface area contributed by atoms with E-state index in [4.69, 9.17) is 0 Å². The molecule has 0 fully saturated rings. The van der Waals surface area contributed by atoms with Gasteiger partial charge in [0, 0.05) is 12.1 Å². The van der Waals surface area contributed by atoms with Gasteiger partial charge in [-0.3, -0.25) is 19.3 Å². The number of rotatable bonds is 6. The summed E-state index contributed by atoms with van der Waals surface area (Å²) in [5, 5.41) is 5.33. The Labute approximate surface area is 168 Å². The van der Waals surface area contributed by atoms with Gasteiger partial charge in [-0.1, -0.05) is 30.3 Å². The van der Waals surface area contributed by atoms with Crippen LogP contribution in [0.25, 0.3) is 0 Å². The molecule has 0 aliphatic carbocycles. The van der Waals surface area contributed by atoms with Crippen molar-refractivity contribution in [3.63, 3.8) is 0 Å². The minimum Gasteiger partial charge on any atom is -0.349 e. The van der Waals surface area contributed by atoms with E-state index < -0.39 is 22.0 Å². The number of amides is 2. The van der Waals surface area contributed by atoms with Gasteiger partial charge in [0.25, 0.3) is 15.9 Å². The summed E-state index contributed by atoms with van der Waals surface area (Å²) in [7, 11) is -3.69. The summed E-state index contributed by atoms with van der Waals surface area (Å²) in [4.78, 5) is 29.2. The minimum atomic E-state index is -3.69. The van der Waals surface area contributed by atoms with Crippen LogP contribution < -0.4 is 15.4 Å². The number of carbonyl (C=O) groups is 2. The number of nitrogens with zero attached hydrogens (tertiary/aromatic N) is 1. The molecule has 0 bridgehead atoms. The van der Waals surface area contributed by atoms with Gasteiger partial charge in [0.1, 0.15) is 11.9 Å². The Kier molecular flexibility index (Phi) is 5.79. The second-order valence-electron chi connectivity index (χ2n) is 6.29. The molecule has 8 nitrogen and oxygen atoms in total. The molecule has 1 atom stereocenters. The molecule has 3 rings (SSSR count). The normalized spacial score (nSPS) is 16.4. The Morgan fingerprint density at radius 2 is 1.86 bits per heavy atom. The van der Waals surface area contributed by atoms with Crippen molar-refractivity contribution in [2.24, 2.45) is 4.99 Å². The van der Waals surface area contributed by atoms with Crippen LogP contribution >= 0.6 is 0 Å². The minimum absolute atomic E-state index is 0.111. The zero-order valence-electron chi connectivity index (χ0n) is 15.7. The maximum atomic E-state index is 12.6. The molecule has 0 aromatic heterocycles. The van der Waals surface area contributed by atoms with E-state index in [1.807, 2.05) is 0 Å². The Morgan fingerprint density at radius 3 is 2.62 bits per heavy atom. The summed E-state index contributed by atoms with van der Waals surface area (Å²) in [6.07, 6.45) is 1.55. The number of para-hydroxylation sites is 1. The predicted octanol–water partition coefficient (Wildman–Crippen LogP) is 1.67. The van der Waals surface area contributed by atoms with Crippen molar-refractivity contribution in [2.75, 3.05) is 11.9 Å². The number of nitrogens with one attached hydrogen (secondary N) is 3. The lowest BCUT2D eigenvalue weighted by atomic mass is 10.1. The summed E-state index contributed by atoms with van der Waals surface area (Å²) in [5.41, 5.74) is 1.05. The summed E-state index contributed by atoms with van der Waals surface area (Å²) in [6, 6.07) is 12.1. The lowest BCUT2D eigenvalue weighted by Crippen LogP contribution is -2.30. The number of aliphatic imine (C=N–C) groups is 1. The molecule has 2 aromatic rings. The molecular formula is C20H20N4O4S. The van der Waals surface area contributed by atoms with Gasteiger partial charge in [-0.05, 0) is 31.2 Å². The first-order valence-electron chi connectivity index (χ1n) is 8.82. The van der Waals surface area contributed by atoms with E-state index in [0.717, 1.165) is 0 Å². The molecule has 1 heterocycles. The van der Waals surface area contributed by atoms with E-state index in [0.29, 0.717) is 23.4 Å².